The summed E-state index contributed by atoms with van der Waals surface area (Å²) in [6, 6.07) is 7.88. The van der Waals surface area contributed by atoms with Crippen LogP contribution >= 0.6 is 0 Å². The molecule has 0 radical (unpaired) electrons. The summed E-state index contributed by atoms with van der Waals surface area (Å²) >= 11 is 0. The summed E-state index contributed by atoms with van der Waals surface area (Å²) in [6.45, 7) is 3.60. The average Bonchev–Trinajstić information content (AvgIpc) is 3.07. The van der Waals surface area contributed by atoms with Crippen LogP contribution in [0.15, 0.2) is 24.3 Å². The second-order valence-electron chi connectivity index (χ2n) is 5.76. The molecule has 1 atom stereocenters. The Morgan fingerprint density at radius 2 is 2.05 bits per heavy atom. The van der Waals surface area contributed by atoms with E-state index in [-0.39, 0.29) is 12.6 Å². The van der Waals surface area contributed by atoms with Gasteiger partial charge in [-0.05, 0) is 38.4 Å². The van der Waals surface area contributed by atoms with Crippen LogP contribution in [0, 0.1) is 0 Å². The predicted molar refractivity (Wildman–Crippen MR) is 79.6 cm³/mol. The standard InChI is InChI=1S/C16H20F3N3/c1-2-22-13-7-4-3-6-12(13)20-15(22)14-8-5-10-21(14)11-9-16(17,18)19/h3-4,6-7,14H,2,5,8-11H2,1H3. The monoisotopic (exact) mass is 311 g/mol. The first-order chi connectivity index (χ1) is 10.5. The summed E-state index contributed by atoms with van der Waals surface area (Å²) in [6.07, 6.45) is -3.05. The Kier molecular flexibility index (Phi) is 4.12. The van der Waals surface area contributed by atoms with Crippen molar-refractivity contribution in [1.29, 1.82) is 0 Å². The Hall–Kier alpha value is -1.56. The largest absolute Gasteiger partial charge is 0.390 e. The summed E-state index contributed by atoms with van der Waals surface area (Å²) in [4.78, 5) is 6.63. The summed E-state index contributed by atoms with van der Waals surface area (Å²) in [5.74, 6) is 0.906. The van der Waals surface area contributed by atoms with Gasteiger partial charge in [0.15, 0.2) is 0 Å². The Labute approximate surface area is 127 Å². The lowest BCUT2D eigenvalue weighted by Gasteiger charge is -2.25. The minimum absolute atomic E-state index is 0.00491. The smallest absolute Gasteiger partial charge is 0.327 e. The number of alkyl halides is 3. The summed E-state index contributed by atoms with van der Waals surface area (Å²) < 4.78 is 39.6. The number of hydrogen-bond acceptors (Lipinski definition) is 2. The number of imidazole rings is 1. The maximum absolute atomic E-state index is 12.5. The van der Waals surface area contributed by atoms with Crippen LogP contribution in [0.5, 0.6) is 0 Å². The van der Waals surface area contributed by atoms with E-state index in [1.807, 2.05) is 36.1 Å². The minimum atomic E-state index is -4.10. The molecule has 0 N–H and O–H groups in total. The molecule has 6 heteroatoms. The van der Waals surface area contributed by atoms with Crippen molar-refractivity contribution in [2.24, 2.45) is 0 Å². The van der Waals surface area contributed by atoms with E-state index in [0.717, 1.165) is 36.2 Å². The first-order valence-electron chi connectivity index (χ1n) is 7.75. The molecule has 1 unspecified atom stereocenters. The second-order valence-corrected chi connectivity index (χ2v) is 5.76. The van der Waals surface area contributed by atoms with E-state index in [1.54, 1.807) is 0 Å². The van der Waals surface area contributed by atoms with Gasteiger partial charge in [-0.1, -0.05) is 12.1 Å². The maximum Gasteiger partial charge on any atom is 0.390 e. The summed E-state index contributed by atoms with van der Waals surface area (Å²) in [7, 11) is 0. The zero-order valence-electron chi connectivity index (χ0n) is 12.6. The second kappa shape index (κ2) is 5.91. The zero-order chi connectivity index (χ0) is 15.7. The van der Waals surface area contributed by atoms with Gasteiger partial charge in [0, 0.05) is 13.1 Å². The Bertz CT molecular complexity index is 648. The van der Waals surface area contributed by atoms with Gasteiger partial charge < -0.3 is 4.57 Å². The van der Waals surface area contributed by atoms with Crippen LogP contribution in [0.1, 0.15) is 38.1 Å². The lowest BCUT2D eigenvalue weighted by atomic mass is 10.2. The van der Waals surface area contributed by atoms with Crippen LogP contribution < -0.4 is 0 Å². The van der Waals surface area contributed by atoms with Gasteiger partial charge in [-0.15, -0.1) is 0 Å². The lowest BCUT2D eigenvalue weighted by Crippen LogP contribution is -2.29. The first kappa shape index (κ1) is 15.3. The van der Waals surface area contributed by atoms with Gasteiger partial charge in [-0.25, -0.2) is 4.98 Å². The van der Waals surface area contributed by atoms with E-state index in [0.29, 0.717) is 6.54 Å². The van der Waals surface area contributed by atoms with Crippen LogP contribution in [0.3, 0.4) is 0 Å². The molecule has 22 heavy (non-hydrogen) atoms. The molecule has 0 amide bonds. The molecule has 0 saturated carbocycles. The van der Waals surface area contributed by atoms with Crippen molar-refractivity contribution in [3.63, 3.8) is 0 Å². The number of benzene rings is 1. The third kappa shape index (κ3) is 2.97. The normalized spacial score (nSPS) is 20.1. The van der Waals surface area contributed by atoms with E-state index in [2.05, 4.69) is 4.57 Å². The fourth-order valence-electron chi connectivity index (χ4n) is 3.34. The predicted octanol–water partition coefficient (Wildman–Crippen LogP) is 4.15. The van der Waals surface area contributed by atoms with Gasteiger partial charge >= 0.3 is 6.18 Å². The van der Waals surface area contributed by atoms with Crippen molar-refractivity contribution >= 4 is 11.0 Å². The van der Waals surface area contributed by atoms with Gasteiger partial charge in [-0.3, -0.25) is 4.90 Å². The van der Waals surface area contributed by atoms with Gasteiger partial charge in [0.05, 0.1) is 23.5 Å². The third-order valence-corrected chi connectivity index (χ3v) is 4.34. The topological polar surface area (TPSA) is 21.1 Å². The van der Waals surface area contributed by atoms with E-state index in [9.17, 15) is 13.2 Å². The number of likely N-dealkylation sites (tertiary alicyclic amines) is 1. The Balaban J connectivity index is 1.89. The van der Waals surface area contributed by atoms with Gasteiger partial charge in [0.25, 0.3) is 0 Å². The molecule has 1 aromatic carbocycles. The third-order valence-electron chi connectivity index (χ3n) is 4.34. The van der Waals surface area contributed by atoms with Gasteiger partial charge in [0.1, 0.15) is 5.82 Å². The molecule has 0 spiro atoms. The van der Waals surface area contributed by atoms with Crippen molar-refractivity contribution in [1.82, 2.24) is 14.5 Å². The number of para-hydroxylation sites is 2. The number of halogens is 3. The SMILES string of the molecule is CCn1c(C2CCCN2CCC(F)(F)F)nc2ccccc21. The van der Waals surface area contributed by atoms with E-state index in [1.165, 1.54) is 0 Å². The van der Waals surface area contributed by atoms with Crippen molar-refractivity contribution in [3.8, 4) is 0 Å². The molecule has 1 aliphatic rings. The number of aromatic nitrogens is 2. The van der Waals surface area contributed by atoms with E-state index < -0.39 is 12.6 Å². The molecular formula is C16H20F3N3. The molecule has 1 aromatic heterocycles. The molecule has 1 fully saturated rings. The molecule has 3 nitrogen and oxygen atoms in total. The van der Waals surface area contributed by atoms with Crippen LogP contribution in [0.25, 0.3) is 11.0 Å². The Morgan fingerprint density at radius 1 is 1.27 bits per heavy atom. The highest BCUT2D eigenvalue weighted by molar-refractivity contribution is 5.76. The number of fused-ring (bicyclic) bond motifs is 1. The highest BCUT2D eigenvalue weighted by atomic mass is 19.4. The van der Waals surface area contributed by atoms with Gasteiger partial charge in [-0.2, -0.15) is 13.2 Å². The number of rotatable bonds is 4. The number of aryl methyl sites for hydroxylation is 1. The number of hydrogen-bond donors (Lipinski definition) is 0. The fourth-order valence-corrected chi connectivity index (χ4v) is 3.34. The molecule has 2 heterocycles. The van der Waals surface area contributed by atoms with E-state index >= 15 is 0 Å². The van der Waals surface area contributed by atoms with Crippen molar-refractivity contribution in [3.05, 3.63) is 30.1 Å². The molecule has 120 valence electrons. The summed E-state index contributed by atoms with van der Waals surface area (Å²) in [5, 5.41) is 0. The van der Waals surface area contributed by atoms with Crippen molar-refractivity contribution in [2.45, 2.75) is 44.9 Å². The summed E-state index contributed by atoms with van der Waals surface area (Å²) in [5.41, 5.74) is 1.98. The van der Waals surface area contributed by atoms with Gasteiger partial charge in [0.2, 0.25) is 0 Å². The molecule has 1 saturated heterocycles. The maximum atomic E-state index is 12.5. The fraction of sp³-hybridized carbons (Fsp3) is 0.562. The van der Waals surface area contributed by atoms with Crippen molar-refractivity contribution < 1.29 is 13.2 Å². The molecular weight excluding hydrogens is 291 g/mol. The highest BCUT2D eigenvalue weighted by Gasteiger charge is 2.34. The van der Waals surface area contributed by atoms with Crippen LogP contribution in [0.2, 0.25) is 0 Å². The molecule has 2 aromatic rings. The zero-order valence-corrected chi connectivity index (χ0v) is 12.6. The molecule has 0 aliphatic carbocycles. The van der Waals surface area contributed by atoms with E-state index in [4.69, 9.17) is 4.98 Å². The van der Waals surface area contributed by atoms with Crippen LogP contribution in [-0.2, 0) is 6.54 Å². The molecule has 1 aliphatic heterocycles. The van der Waals surface area contributed by atoms with Crippen LogP contribution in [0.4, 0.5) is 13.2 Å². The molecule has 0 bridgehead atoms. The highest BCUT2D eigenvalue weighted by Crippen LogP contribution is 2.34. The lowest BCUT2D eigenvalue weighted by molar-refractivity contribution is -0.138. The van der Waals surface area contributed by atoms with Crippen molar-refractivity contribution in [2.75, 3.05) is 13.1 Å². The first-order valence-corrected chi connectivity index (χ1v) is 7.75. The number of nitrogens with zero attached hydrogens (tertiary/aromatic N) is 3. The molecule has 3 rings (SSSR count). The quantitative estimate of drug-likeness (QED) is 0.846. The Morgan fingerprint density at radius 3 is 2.77 bits per heavy atom. The average molecular weight is 311 g/mol. The minimum Gasteiger partial charge on any atom is -0.327 e. The van der Waals surface area contributed by atoms with Crippen LogP contribution in [-0.4, -0.2) is 33.7 Å².